The first-order chi connectivity index (χ1) is 10.6. The summed E-state index contributed by atoms with van der Waals surface area (Å²) in [5.41, 5.74) is 5.71. The van der Waals surface area contributed by atoms with Crippen LogP contribution in [0.2, 0.25) is 0 Å². The molecule has 2 N–H and O–H groups in total. The number of hydrogen-bond donors (Lipinski definition) is 1. The number of piperidine rings is 1. The molecule has 0 aromatic carbocycles. The van der Waals surface area contributed by atoms with Gasteiger partial charge in [-0.05, 0) is 25.3 Å². The van der Waals surface area contributed by atoms with E-state index in [4.69, 9.17) is 5.73 Å². The van der Waals surface area contributed by atoms with Crippen LogP contribution in [-0.4, -0.2) is 38.0 Å². The number of nitrogens with zero attached hydrogens (tertiary/aromatic N) is 4. The van der Waals surface area contributed by atoms with Crippen LogP contribution in [0.3, 0.4) is 0 Å². The van der Waals surface area contributed by atoms with Crippen LogP contribution in [0.25, 0.3) is 0 Å². The Bertz CT molecular complexity index is 708. The highest BCUT2D eigenvalue weighted by molar-refractivity contribution is 7.13. The lowest BCUT2D eigenvalue weighted by Gasteiger charge is -2.34. The summed E-state index contributed by atoms with van der Waals surface area (Å²) in [6.07, 6.45) is 6.07. The molecule has 3 rings (SSSR count). The van der Waals surface area contributed by atoms with Gasteiger partial charge in [-0.25, -0.2) is 4.98 Å². The Labute approximate surface area is 131 Å². The number of aryl methyl sites for hydroxylation is 1. The molecule has 2 aromatic heterocycles. The quantitative estimate of drug-likeness (QED) is 0.923. The van der Waals surface area contributed by atoms with E-state index in [1.165, 1.54) is 17.5 Å². The van der Waals surface area contributed by atoms with Gasteiger partial charge < -0.3 is 10.6 Å². The zero-order chi connectivity index (χ0) is 15.7. The lowest BCUT2D eigenvalue weighted by molar-refractivity contribution is 0.0604. The van der Waals surface area contributed by atoms with Crippen LogP contribution in [0.1, 0.15) is 50.5 Å². The molecule has 0 unspecified atom stereocenters. The number of thiazole rings is 1. The number of rotatable bonds is 3. The Morgan fingerprint density at radius 1 is 1.41 bits per heavy atom. The first-order valence-electron chi connectivity index (χ1n) is 7.12. The number of likely N-dealkylation sites (tertiary alicyclic amines) is 1. The van der Waals surface area contributed by atoms with Gasteiger partial charge in [0.05, 0.1) is 12.2 Å². The topological polar surface area (TPSA) is 94.1 Å². The Kier molecular flexibility index (Phi) is 3.93. The van der Waals surface area contributed by atoms with Gasteiger partial charge in [0.1, 0.15) is 15.6 Å². The maximum atomic E-state index is 12.7. The van der Waals surface area contributed by atoms with E-state index in [0.717, 1.165) is 24.3 Å². The predicted octanol–water partition coefficient (Wildman–Crippen LogP) is 1.34. The minimum absolute atomic E-state index is 0.0962. The van der Waals surface area contributed by atoms with Crippen molar-refractivity contribution in [1.82, 2.24) is 19.7 Å². The molecule has 0 aliphatic carbocycles. The van der Waals surface area contributed by atoms with Crippen molar-refractivity contribution in [2.75, 3.05) is 6.54 Å². The molecule has 22 heavy (non-hydrogen) atoms. The Balaban J connectivity index is 1.87. The highest BCUT2D eigenvalue weighted by Crippen LogP contribution is 2.34. The Morgan fingerprint density at radius 3 is 2.86 bits per heavy atom. The van der Waals surface area contributed by atoms with E-state index >= 15 is 0 Å². The van der Waals surface area contributed by atoms with Gasteiger partial charge in [0.25, 0.3) is 11.8 Å². The van der Waals surface area contributed by atoms with Crippen LogP contribution in [0.4, 0.5) is 0 Å². The second-order valence-electron chi connectivity index (χ2n) is 5.31. The standard InChI is InChI=1S/C14H17N5O2S/c1-18-7-5-9(17-18)14(21)19-6-3-2-4-10(19)13-16-8-11(22-13)12(15)20/h5,7-8,10H,2-4,6H2,1H3,(H2,15,20)/t10-/m1/s1. The maximum Gasteiger partial charge on any atom is 0.274 e. The normalized spacial score (nSPS) is 18.4. The molecule has 3 heterocycles. The second-order valence-corrected chi connectivity index (χ2v) is 6.37. The molecule has 8 heteroatoms. The van der Waals surface area contributed by atoms with Gasteiger partial charge in [0.2, 0.25) is 0 Å². The molecule has 2 aromatic rings. The number of carbonyl (C=O) groups excluding carboxylic acids is 2. The van der Waals surface area contributed by atoms with Crippen LogP contribution in [0.5, 0.6) is 0 Å². The smallest absolute Gasteiger partial charge is 0.274 e. The average molecular weight is 319 g/mol. The molecule has 2 amide bonds. The molecular weight excluding hydrogens is 302 g/mol. The van der Waals surface area contributed by atoms with Crippen LogP contribution < -0.4 is 5.73 Å². The van der Waals surface area contributed by atoms with Crippen molar-refractivity contribution in [2.24, 2.45) is 12.8 Å². The first-order valence-corrected chi connectivity index (χ1v) is 7.94. The fourth-order valence-electron chi connectivity index (χ4n) is 2.66. The minimum atomic E-state index is -0.484. The highest BCUT2D eigenvalue weighted by atomic mass is 32.1. The number of nitrogens with two attached hydrogens (primary N) is 1. The molecule has 1 aliphatic rings. The van der Waals surface area contributed by atoms with E-state index in [0.29, 0.717) is 17.1 Å². The van der Waals surface area contributed by atoms with Crippen molar-refractivity contribution in [3.8, 4) is 0 Å². The van der Waals surface area contributed by atoms with E-state index in [-0.39, 0.29) is 11.9 Å². The van der Waals surface area contributed by atoms with Crippen molar-refractivity contribution in [3.63, 3.8) is 0 Å². The largest absolute Gasteiger partial charge is 0.365 e. The third kappa shape index (κ3) is 2.74. The third-order valence-corrected chi connectivity index (χ3v) is 4.86. The van der Waals surface area contributed by atoms with E-state index < -0.39 is 5.91 Å². The van der Waals surface area contributed by atoms with E-state index in [2.05, 4.69) is 10.1 Å². The van der Waals surface area contributed by atoms with Crippen LogP contribution in [0.15, 0.2) is 18.5 Å². The van der Waals surface area contributed by atoms with Gasteiger partial charge >= 0.3 is 0 Å². The summed E-state index contributed by atoms with van der Waals surface area (Å²) in [6.45, 7) is 0.672. The first kappa shape index (κ1) is 14.7. The summed E-state index contributed by atoms with van der Waals surface area (Å²) in [5, 5.41) is 4.94. The molecule has 0 spiro atoms. The minimum Gasteiger partial charge on any atom is -0.365 e. The number of primary amides is 1. The summed E-state index contributed by atoms with van der Waals surface area (Å²) in [7, 11) is 1.78. The molecule has 1 atom stereocenters. The third-order valence-electron chi connectivity index (χ3n) is 3.75. The maximum absolute atomic E-state index is 12.7. The fourth-order valence-corrected chi connectivity index (χ4v) is 3.58. The number of carbonyl (C=O) groups is 2. The Hall–Kier alpha value is -2.22. The van der Waals surface area contributed by atoms with Crippen LogP contribution >= 0.6 is 11.3 Å². The molecular formula is C14H17N5O2S. The Morgan fingerprint density at radius 2 is 2.23 bits per heavy atom. The van der Waals surface area contributed by atoms with E-state index in [9.17, 15) is 9.59 Å². The van der Waals surface area contributed by atoms with Crippen molar-refractivity contribution in [2.45, 2.75) is 25.3 Å². The second kappa shape index (κ2) is 5.88. The highest BCUT2D eigenvalue weighted by Gasteiger charge is 2.31. The molecule has 7 nitrogen and oxygen atoms in total. The molecule has 0 saturated carbocycles. The lowest BCUT2D eigenvalue weighted by atomic mass is 10.0. The number of aromatic nitrogens is 3. The molecule has 1 aliphatic heterocycles. The average Bonchev–Trinajstić information content (AvgIpc) is 3.15. The van der Waals surface area contributed by atoms with Crippen molar-refractivity contribution in [1.29, 1.82) is 0 Å². The van der Waals surface area contributed by atoms with Gasteiger partial charge in [-0.15, -0.1) is 11.3 Å². The molecule has 116 valence electrons. The lowest BCUT2D eigenvalue weighted by Crippen LogP contribution is -2.38. The van der Waals surface area contributed by atoms with Crippen LogP contribution in [-0.2, 0) is 7.05 Å². The number of amides is 2. The fraction of sp³-hybridized carbons (Fsp3) is 0.429. The summed E-state index contributed by atoms with van der Waals surface area (Å²) in [4.78, 5) is 30.4. The molecule has 1 saturated heterocycles. The van der Waals surface area contributed by atoms with Gasteiger partial charge in [-0.3, -0.25) is 14.3 Å². The summed E-state index contributed by atoms with van der Waals surface area (Å²) in [6, 6.07) is 1.60. The van der Waals surface area contributed by atoms with Crippen molar-refractivity contribution < 1.29 is 9.59 Å². The molecule has 0 bridgehead atoms. The van der Waals surface area contributed by atoms with Crippen LogP contribution in [0, 0.1) is 0 Å². The molecule has 0 radical (unpaired) electrons. The van der Waals surface area contributed by atoms with E-state index in [1.54, 1.807) is 28.9 Å². The van der Waals surface area contributed by atoms with E-state index in [1.807, 2.05) is 0 Å². The predicted molar refractivity (Wildman–Crippen MR) is 81.5 cm³/mol. The summed E-state index contributed by atoms with van der Waals surface area (Å²) >= 11 is 1.26. The zero-order valence-corrected chi connectivity index (χ0v) is 13.0. The van der Waals surface area contributed by atoms with Gasteiger partial charge in [0.15, 0.2) is 0 Å². The van der Waals surface area contributed by atoms with Crippen molar-refractivity contribution in [3.05, 3.63) is 34.0 Å². The number of hydrogen-bond acceptors (Lipinski definition) is 5. The molecule has 1 fully saturated rings. The van der Waals surface area contributed by atoms with Crippen molar-refractivity contribution >= 4 is 23.2 Å². The monoisotopic (exact) mass is 319 g/mol. The van der Waals surface area contributed by atoms with Gasteiger partial charge in [-0.1, -0.05) is 0 Å². The summed E-state index contributed by atoms with van der Waals surface area (Å²) in [5.74, 6) is -0.580. The van der Waals surface area contributed by atoms with Gasteiger partial charge in [0, 0.05) is 19.8 Å². The van der Waals surface area contributed by atoms with Gasteiger partial charge in [-0.2, -0.15) is 5.10 Å². The SMILES string of the molecule is Cn1ccc(C(=O)N2CCCC[C@@H]2c2ncc(C(N)=O)s2)n1. The zero-order valence-electron chi connectivity index (χ0n) is 12.2. The summed E-state index contributed by atoms with van der Waals surface area (Å²) < 4.78 is 1.61.